The zero-order chi connectivity index (χ0) is 14.6. The number of amides is 1. The number of benzene rings is 1. The van der Waals surface area contributed by atoms with Gasteiger partial charge in [0, 0.05) is 22.4 Å². The number of halogens is 1. The van der Waals surface area contributed by atoms with Crippen molar-refractivity contribution in [2.24, 2.45) is 5.73 Å². The highest BCUT2D eigenvalue weighted by atomic mass is 35.5. The van der Waals surface area contributed by atoms with Crippen molar-refractivity contribution in [1.82, 2.24) is 5.32 Å². The molecule has 2 rings (SSSR count). The third-order valence-electron chi connectivity index (χ3n) is 3.37. The molecular weight excluding hydrogens is 292 g/mol. The summed E-state index contributed by atoms with van der Waals surface area (Å²) in [5, 5.41) is 3.44. The first kappa shape index (κ1) is 15.2. The van der Waals surface area contributed by atoms with Gasteiger partial charge in [-0.1, -0.05) is 23.4 Å². The quantitative estimate of drug-likeness (QED) is 0.839. The SMILES string of the molecule is CSC1(CNC(=O)c2ccc(C#CCN)c(Cl)c2)CC1. The molecule has 5 heteroatoms. The van der Waals surface area contributed by atoms with Crippen LogP contribution in [0.25, 0.3) is 0 Å². The highest BCUT2D eigenvalue weighted by Crippen LogP contribution is 2.46. The maximum atomic E-state index is 12.1. The van der Waals surface area contributed by atoms with E-state index in [0.29, 0.717) is 22.7 Å². The topological polar surface area (TPSA) is 55.1 Å². The van der Waals surface area contributed by atoms with Gasteiger partial charge in [-0.2, -0.15) is 11.8 Å². The smallest absolute Gasteiger partial charge is 0.251 e. The van der Waals surface area contributed by atoms with Gasteiger partial charge in [0.2, 0.25) is 0 Å². The van der Waals surface area contributed by atoms with Crippen molar-refractivity contribution < 1.29 is 4.79 Å². The van der Waals surface area contributed by atoms with Crippen molar-refractivity contribution in [3.63, 3.8) is 0 Å². The van der Waals surface area contributed by atoms with E-state index in [1.54, 1.807) is 18.2 Å². The summed E-state index contributed by atoms with van der Waals surface area (Å²) < 4.78 is 0.256. The summed E-state index contributed by atoms with van der Waals surface area (Å²) >= 11 is 7.93. The first-order chi connectivity index (χ1) is 9.60. The number of hydrogen-bond acceptors (Lipinski definition) is 3. The molecule has 1 aromatic rings. The highest BCUT2D eigenvalue weighted by Gasteiger charge is 2.41. The summed E-state index contributed by atoms with van der Waals surface area (Å²) in [5.41, 5.74) is 6.57. The Hall–Kier alpha value is -1.15. The first-order valence-corrected chi connectivity index (χ1v) is 8.02. The monoisotopic (exact) mass is 308 g/mol. The molecule has 1 aromatic carbocycles. The molecule has 106 valence electrons. The molecule has 3 nitrogen and oxygen atoms in total. The second-order valence-electron chi connectivity index (χ2n) is 4.77. The Labute approximate surface area is 128 Å². The Morgan fingerprint density at radius 2 is 2.30 bits per heavy atom. The second kappa shape index (κ2) is 6.53. The van der Waals surface area contributed by atoms with Gasteiger partial charge in [-0.05, 0) is 37.3 Å². The fourth-order valence-electron chi connectivity index (χ4n) is 1.84. The molecule has 0 unspecified atom stereocenters. The number of nitrogens with two attached hydrogens (primary N) is 1. The predicted octanol–water partition coefficient (Wildman–Crippen LogP) is 2.28. The molecule has 0 saturated heterocycles. The number of hydrogen-bond donors (Lipinski definition) is 2. The Morgan fingerprint density at radius 1 is 1.55 bits per heavy atom. The lowest BCUT2D eigenvalue weighted by Crippen LogP contribution is -2.31. The maximum absolute atomic E-state index is 12.1. The third-order valence-corrected chi connectivity index (χ3v) is 5.10. The van der Waals surface area contributed by atoms with Gasteiger partial charge >= 0.3 is 0 Å². The minimum Gasteiger partial charge on any atom is -0.351 e. The normalized spacial score (nSPS) is 15.2. The molecule has 0 bridgehead atoms. The maximum Gasteiger partial charge on any atom is 0.251 e. The second-order valence-corrected chi connectivity index (χ2v) is 6.45. The predicted molar refractivity (Wildman–Crippen MR) is 85.2 cm³/mol. The largest absolute Gasteiger partial charge is 0.351 e. The molecule has 1 aliphatic carbocycles. The Balaban J connectivity index is 2.01. The van der Waals surface area contributed by atoms with E-state index in [-0.39, 0.29) is 17.2 Å². The van der Waals surface area contributed by atoms with Gasteiger partial charge in [-0.3, -0.25) is 4.79 Å². The Bertz CT molecular complexity index is 573. The summed E-state index contributed by atoms with van der Waals surface area (Å²) in [6.07, 6.45) is 4.42. The summed E-state index contributed by atoms with van der Waals surface area (Å²) in [4.78, 5) is 12.1. The zero-order valence-corrected chi connectivity index (χ0v) is 12.9. The molecule has 1 amide bonds. The molecule has 1 aliphatic rings. The lowest BCUT2D eigenvalue weighted by atomic mass is 10.1. The van der Waals surface area contributed by atoms with Crippen LogP contribution in [-0.2, 0) is 0 Å². The average molecular weight is 309 g/mol. The number of thioether (sulfide) groups is 1. The van der Waals surface area contributed by atoms with E-state index in [0.717, 1.165) is 0 Å². The minimum absolute atomic E-state index is 0.0921. The molecule has 0 aliphatic heterocycles. The summed E-state index contributed by atoms with van der Waals surface area (Å²) in [5.74, 6) is 5.53. The Morgan fingerprint density at radius 3 is 2.85 bits per heavy atom. The minimum atomic E-state index is -0.0921. The highest BCUT2D eigenvalue weighted by molar-refractivity contribution is 8.00. The van der Waals surface area contributed by atoms with Crippen molar-refractivity contribution in [2.45, 2.75) is 17.6 Å². The van der Waals surface area contributed by atoms with Crippen LogP contribution >= 0.6 is 23.4 Å². The molecule has 1 saturated carbocycles. The molecule has 0 heterocycles. The van der Waals surface area contributed by atoms with Gasteiger partial charge in [-0.15, -0.1) is 0 Å². The fraction of sp³-hybridized carbons (Fsp3) is 0.400. The van der Waals surface area contributed by atoms with Crippen LogP contribution in [0.4, 0.5) is 0 Å². The van der Waals surface area contributed by atoms with Crippen molar-refractivity contribution in [2.75, 3.05) is 19.3 Å². The van der Waals surface area contributed by atoms with E-state index in [1.807, 2.05) is 11.8 Å². The lowest BCUT2D eigenvalue weighted by molar-refractivity contribution is 0.0953. The van der Waals surface area contributed by atoms with Crippen LogP contribution in [0.15, 0.2) is 18.2 Å². The summed E-state index contributed by atoms with van der Waals surface area (Å²) in [6, 6.07) is 5.14. The number of rotatable bonds is 4. The van der Waals surface area contributed by atoms with E-state index in [4.69, 9.17) is 17.3 Å². The molecular formula is C15H17ClN2OS. The van der Waals surface area contributed by atoms with E-state index in [1.165, 1.54) is 12.8 Å². The van der Waals surface area contributed by atoms with Crippen molar-refractivity contribution >= 4 is 29.3 Å². The first-order valence-electron chi connectivity index (χ1n) is 6.42. The van der Waals surface area contributed by atoms with E-state index < -0.39 is 0 Å². The van der Waals surface area contributed by atoms with Crippen LogP contribution in [-0.4, -0.2) is 30.0 Å². The van der Waals surface area contributed by atoms with Crippen LogP contribution in [0.1, 0.15) is 28.8 Å². The fourth-order valence-corrected chi connectivity index (χ4v) is 2.79. The molecule has 0 radical (unpaired) electrons. The molecule has 20 heavy (non-hydrogen) atoms. The summed E-state index contributed by atoms with van der Waals surface area (Å²) in [7, 11) is 0. The molecule has 0 spiro atoms. The van der Waals surface area contributed by atoms with Crippen LogP contribution in [0, 0.1) is 11.8 Å². The number of carbonyl (C=O) groups excluding carboxylic acids is 1. The third kappa shape index (κ3) is 3.69. The van der Waals surface area contributed by atoms with Crippen LogP contribution in [0.2, 0.25) is 5.02 Å². The van der Waals surface area contributed by atoms with Gasteiger partial charge in [0.25, 0.3) is 5.91 Å². The van der Waals surface area contributed by atoms with Gasteiger partial charge in [-0.25, -0.2) is 0 Å². The van der Waals surface area contributed by atoms with E-state index in [2.05, 4.69) is 23.4 Å². The standard InChI is InChI=1S/C15H17ClN2OS/c1-20-15(6-7-15)10-18-14(19)12-5-4-11(3-2-8-17)13(16)9-12/h4-5,9H,6-8,10,17H2,1H3,(H,18,19). The van der Waals surface area contributed by atoms with Gasteiger partial charge in [0.05, 0.1) is 11.6 Å². The van der Waals surface area contributed by atoms with Gasteiger partial charge in [0.15, 0.2) is 0 Å². The number of carbonyl (C=O) groups is 1. The van der Waals surface area contributed by atoms with Crippen LogP contribution < -0.4 is 11.1 Å². The lowest BCUT2D eigenvalue weighted by Gasteiger charge is -2.13. The van der Waals surface area contributed by atoms with Crippen molar-refractivity contribution in [1.29, 1.82) is 0 Å². The molecule has 0 atom stereocenters. The van der Waals surface area contributed by atoms with Crippen molar-refractivity contribution in [3.8, 4) is 11.8 Å². The van der Waals surface area contributed by atoms with Crippen LogP contribution in [0.3, 0.4) is 0 Å². The molecule has 3 N–H and O–H groups in total. The molecule has 0 aromatic heterocycles. The summed E-state index contributed by atoms with van der Waals surface area (Å²) in [6.45, 7) is 0.995. The van der Waals surface area contributed by atoms with Crippen molar-refractivity contribution in [3.05, 3.63) is 34.3 Å². The van der Waals surface area contributed by atoms with E-state index in [9.17, 15) is 4.79 Å². The van der Waals surface area contributed by atoms with Gasteiger partial charge < -0.3 is 11.1 Å². The Kier molecular flexibility index (Phi) is 4.98. The number of nitrogens with one attached hydrogen (secondary N) is 1. The van der Waals surface area contributed by atoms with Crippen LogP contribution in [0.5, 0.6) is 0 Å². The van der Waals surface area contributed by atoms with Gasteiger partial charge in [0.1, 0.15) is 0 Å². The average Bonchev–Trinajstić information content (AvgIpc) is 3.24. The van der Waals surface area contributed by atoms with E-state index >= 15 is 0 Å². The molecule has 1 fully saturated rings. The zero-order valence-electron chi connectivity index (χ0n) is 11.3.